The van der Waals surface area contributed by atoms with Crippen molar-refractivity contribution in [2.24, 2.45) is 0 Å². The molecule has 23 heavy (non-hydrogen) atoms. The molecule has 6 heteroatoms. The van der Waals surface area contributed by atoms with Gasteiger partial charge in [0.15, 0.2) is 5.75 Å². The third kappa shape index (κ3) is 2.14. The van der Waals surface area contributed by atoms with Crippen molar-refractivity contribution in [3.8, 4) is 34.0 Å². The first-order valence-corrected chi connectivity index (χ1v) is 7.14. The Morgan fingerprint density at radius 1 is 0.957 bits per heavy atom. The SMILES string of the molecule is CC(C)(C)n1nc(-c2ccccc2)c(-c2c(O)c(=O)c2=O)c1O. The Kier molecular flexibility index (Phi) is 3.14. The Morgan fingerprint density at radius 2 is 1.57 bits per heavy atom. The van der Waals surface area contributed by atoms with Gasteiger partial charge >= 0.3 is 0 Å². The molecule has 0 saturated heterocycles. The van der Waals surface area contributed by atoms with E-state index in [4.69, 9.17) is 0 Å². The minimum Gasteiger partial charge on any atom is -0.503 e. The molecule has 0 aliphatic rings. The summed E-state index contributed by atoms with van der Waals surface area (Å²) in [4.78, 5) is 23.2. The maximum atomic E-state index is 11.9. The minimum atomic E-state index is -0.943. The van der Waals surface area contributed by atoms with E-state index in [9.17, 15) is 19.8 Å². The van der Waals surface area contributed by atoms with Gasteiger partial charge in [-0.25, -0.2) is 4.68 Å². The molecule has 0 amide bonds. The van der Waals surface area contributed by atoms with Gasteiger partial charge in [0.1, 0.15) is 5.69 Å². The molecule has 0 radical (unpaired) electrons. The molecule has 1 aromatic heterocycles. The van der Waals surface area contributed by atoms with Gasteiger partial charge in [0.05, 0.1) is 16.7 Å². The van der Waals surface area contributed by atoms with E-state index in [-0.39, 0.29) is 17.0 Å². The third-order valence-corrected chi connectivity index (χ3v) is 3.68. The highest BCUT2D eigenvalue weighted by molar-refractivity contribution is 5.88. The van der Waals surface area contributed by atoms with Gasteiger partial charge < -0.3 is 10.2 Å². The van der Waals surface area contributed by atoms with Crippen LogP contribution in [0.3, 0.4) is 0 Å². The molecule has 2 N–H and O–H groups in total. The van der Waals surface area contributed by atoms with E-state index in [2.05, 4.69) is 5.10 Å². The van der Waals surface area contributed by atoms with E-state index >= 15 is 0 Å². The van der Waals surface area contributed by atoms with Crippen LogP contribution in [0.4, 0.5) is 0 Å². The Labute approximate surface area is 132 Å². The molecule has 0 fully saturated rings. The van der Waals surface area contributed by atoms with Crippen LogP contribution >= 0.6 is 0 Å². The molecule has 0 aliphatic heterocycles. The molecule has 3 aromatic rings. The van der Waals surface area contributed by atoms with Crippen LogP contribution < -0.4 is 10.9 Å². The molecule has 0 aliphatic carbocycles. The Morgan fingerprint density at radius 3 is 2.09 bits per heavy atom. The fraction of sp³-hybridized carbons (Fsp3) is 0.235. The van der Waals surface area contributed by atoms with E-state index < -0.39 is 22.1 Å². The summed E-state index contributed by atoms with van der Waals surface area (Å²) < 4.78 is 1.38. The maximum absolute atomic E-state index is 11.9. The number of hydrogen-bond donors (Lipinski definition) is 2. The molecule has 2 aromatic carbocycles. The molecule has 1 heterocycles. The van der Waals surface area contributed by atoms with Gasteiger partial charge in [-0.1, -0.05) is 30.3 Å². The largest absolute Gasteiger partial charge is 0.503 e. The van der Waals surface area contributed by atoms with Gasteiger partial charge in [-0.2, -0.15) is 5.10 Å². The van der Waals surface area contributed by atoms with Crippen LogP contribution in [-0.4, -0.2) is 20.0 Å². The highest BCUT2D eigenvalue weighted by Gasteiger charge is 2.33. The number of nitrogens with zero attached hydrogens (tertiary/aromatic N) is 2. The van der Waals surface area contributed by atoms with Crippen molar-refractivity contribution >= 4 is 0 Å². The van der Waals surface area contributed by atoms with Crippen molar-refractivity contribution in [3.05, 3.63) is 50.8 Å². The second-order valence-electron chi connectivity index (χ2n) is 6.38. The van der Waals surface area contributed by atoms with Crippen molar-refractivity contribution in [2.75, 3.05) is 0 Å². The van der Waals surface area contributed by atoms with Gasteiger partial charge in [0.2, 0.25) is 11.3 Å². The van der Waals surface area contributed by atoms with Crippen LogP contribution in [0.5, 0.6) is 11.6 Å². The quantitative estimate of drug-likeness (QED) is 0.706. The van der Waals surface area contributed by atoms with E-state index in [1.54, 1.807) is 24.3 Å². The number of rotatable bonds is 2. The standard InChI is InChI=1S/C17H16N2O4/c1-17(2,3)19-16(23)10(11-13(20)15(22)14(11)21)12(18-19)9-7-5-4-6-8-9/h4-8,20,23H,1-3H3. The lowest BCUT2D eigenvalue weighted by molar-refractivity contribution is 0.296. The molecule has 0 bridgehead atoms. The molecule has 3 rings (SSSR count). The number of aromatic hydroxyl groups is 2. The molecule has 0 unspecified atom stereocenters. The topological polar surface area (TPSA) is 92.4 Å². The van der Waals surface area contributed by atoms with Crippen LogP contribution in [0.25, 0.3) is 22.4 Å². The summed E-state index contributed by atoms with van der Waals surface area (Å²) in [7, 11) is 0. The normalized spacial score (nSPS) is 12.0. The van der Waals surface area contributed by atoms with Crippen molar-refractivity contribution < 1.29 is 10.2 Å². The Bertz CT molecular complexity index is 955. The monoisotopic (exact) mass is 312 g/mol. The number of benzene rings is 1. The Balaban J connectivity index is 2.36. The summed E-state index contributed by atoms with van der Waals surface area (Å²) in [5.74, 6) is -0.880. The second kappa shape index (κ2) is 4.81. The predicted molar refractivity (Wildman–Crippen MR) is 86.3 cm³/mol. The van der Waals surface area contributed by atoms with Gasteiger partial charge in [-0.15, -0.1) is 0 Å². The lowest BCUT2D eigenvalue weighted by Crippen LogP contribution is -2.32. The van der Waals surface area contributed by atoms with Crippen molar-refractivity contribution in [2.45, 2.75) is 26.3 Å². The molecule has 118 valence electrons. The third-order valence-electron chi connectivity index (χ3n) is 3.68. The summed E-state index contributed by atoms with van der Waals surface area (Å²) in [5, 5.41) is 24.7. The molecule has 6 nitrogen and oxygen atoms in total. The molecule has 0 atom stereocenters. The summed E-state index contributed by atoms with van der Waals surface area (Å²) >= 11 is 0. The van der Waals surface area contributed by atoms with E-state index in [0.717, 1.165) is 0 Å². The first-order chi connectivity index (χ1) is 10.7. The molecular formula is C17H16N2O4. The molecule has 0 saturated carbocycles. The summed E-state index contributed by atoms with van der Waals surface area (Å²) in [6.07, 6.45) is 0. The van der Waals surface area contributed by atoms with E-state index in [1.165, 1.54) is 4.68 Å². The van der Waals surface area contributed by atoms with Crippen LogP contribution in [0.1, 0.15) is 20.8 Å². The van der Waals surface area contributed by atoms with Crippen LogP contribution in [0, 0.1) is 0 Å². The highest BCUT2D eigenvalue weighted by atomic mass is 16.3. The number of hydrogen-bond acceptors (Lipinski definition) is 5. The van der Waals surface area contributed by atoms with Gasteiger partial charge in [0, 0.05) is 5.56 Å². The lowest BCUT2D eigenvalue weighted by atomic mass is 9.97. The first-order valence-electron chi connectivity index (χ1n) is 7.14. The summed E-state index contributed by atoms with van der Waals surface area (Å²) in [6.45, 7) is 5.54. The zero-order chi connectivity index (χ0) is 16.9. The fourth-order valence-electron chi connectivity index (χ4n) is 2.52. The van der Waals surface area contributed by atoms with Crippen molar-refractivity contribution in [1.82, 2.24) is 9.78 Å². The van der Waals surface area contributed by atoms with Crippen LogP contribution in [0.15, 0.2) is 39.9 Å². The van der Waals surface area contributed by atoms with Crippen molar-refractivity contribution in [1.29, 1.82) is 0 Å². The maximum Gasteiger partial charge on any atom is 0.268 e. The van der Waals surface area contributed by atoms with Crippen molar-refractivity contribution in [3.63, 3.8) is 0 Å². The summed E-state index contributed by atoms with van der Waals surface area (Å²) in [5.41, 5.74) is -1.37. The van der Waals surface area contributed by atoms with E-state index in [1.807, 2.05) is 26.8 Å². The highest BCUT2D eigenvalue weighted by Crippen LogP contribution is 2.42. The summed E-state index contributed by atoms with van der Waals surface area (Å²) in [6, 6.07) is 8.99. The van der Waals surface area contributed by atoms with Crippen LogP contribution in [0.2, 0.25) is 0 Å². The first kappa shape index (κ1) is 15.0. The smallest absolute Gasteiger partial charge is 0.268 e. The van der Waals surface area contributed by atoms with Gasteiger partial charge in [-0.3, -0.25) is 9.59 Å². The van der Waals surface area contributed by atoms with Gasteiger partial charge in [-0.05, 0) is 20.8 Å². The van der Waals surface area contributed by atoms with Crippen LogP contribution in [-0.2, 0) is 5.54 Å². The zero-order valence-electron chi connectivity index (χ0n) is 13.0. The molecular weight excluding hydrogens is 296 g/mol. The Hall–Kier alpha value is -2.89. The molecule has 0 spiro atoms. The lowest BCUT2D eigenvalue weighted by Gasteiger charge is -2.20. The fourth-order valence-corrected chi connectivity index (χ4v) is 2.52. The van der Waals surface area contributed by atoms with E-state index in [0.29, 0.717) is 11.3 Å². The zero-order valence-corrected chi connectivity index (χ0v) is 13.0. The number of aromatic nitrogens is 2. The van der Waals surface area contributed by atoms with Gasteiger partial charge in [0.25, 0.3) is 5.43 Å². The second-order valence-corrected chi connectivity index (χ2v) is 6.38. The average molecular weight is 312 g/mol. The minimum absolute atomic E-state index is 0.0909. The predicted octanol–water partition coefficient (Wildman–Crippen LogP) is 1.98. The average Bonchev–Trinajstić information content (AvgIpc) is 2.85.